The summed E-state index contributed by atoms with van der Waals surface area (Å²) >= 11 is 3.41. The lowest BCUT2D eigenvalue weighted by Crippen LogP contribution is -2.31. The van der Waals surface area contributed by atoms with Crippen LogP contribution >= 0.6 is 15.9 Å². The summed E-state index contributed by atoms with van der Waals surface area (Å²) < 4.78 is 5.98. The minimum absolute atomic E-state index is 0.119. The third-order valence-electron chi connectivity index (χ3n) is 4.80. The van der Waals surface area contributed by atoms with Gasteiger partial charge in [0.2, 0.25) is 0 Å². The van der Waals surface area contributed by atoms with E-state index >= 15 is 0 Å². The predicted octanol–water partition coefficient (Wildman–Crippen LogP) is 4.22. The standard InChI is InChI=1S/C22H22BrNO4/c1-14-4-6-16(7-5-14)20(25)18-19(15-8-10-17(23)11-9-15)24(12-3-13-28-2)22(27)21(18)26/h4-11,19,25H,3,12-13H2,1-2H3/b20-18+/t19-/m0/s1. The van der Waals surface area contributed by atoms with Crippen LogP contribution in [0.1, 0.15) is 29.2 Å². The fourth-order valence-corrected chi connectivity index (χ4v) is 3.61. The monoisotopic (exact) mass is 443 g/mol. The van der Waals surface area contributed by atoms with Gasteiger partial charge in [-0.15, -0.1) is 0 Å². The van der Waals surface area contributed by atoms with Gasteiger partial charge in [-0.05, 0) is 31.0 Å². The normalized spacial score (nSPS) is 18.7. The van der Waals surface area contributed by atoms with Crippen LogP contribution in [0, 0.1) is 6.92 Å². The molecule has 0 radical (unpaired) electrons. The van der Waals surface area contributed by atoms with E-state index < -0.39 is 17.7 Å². The van der Waals surface area contributed by atoms with Crippen molar-refractivity contribution in [2.24, 2.45) is 0 Å². The Morgan fingerprint density at radius 1 is 1.11 bits per heavy atom. The zero-order valence-corrected chi connectivity index (χ0v) is 17.4. The molecule has 1 fully saturated rings. The fourth-order valence-electron chi connectivity index (χ4n) is 3.35. The van der Waals surface area contributed by atoms with Crippen LogP contribution in [0.5, 0.6) is 0 Å². The Balaban J connectivity index is 2.10. The highest BCUT2D eigenvalue weighted by atomic mass is 79.9. The molecule has 1 saturated heterocycles. The average Bonchev–Trinajstić information content (AvgIpc) is 2.94. The minimum Gasteiger partial charge on any atom is -0.507 e. The summed E-state index contributed by atoms with van der Waals surface area (Å²) in [6.07, 6.45) is 0.598. The molecule has 28 heavy (non-hydrogen) atoms. The molecule has 1 amide bonds. The summed E-state index contributed by atoms with van der Waals surface area (Å²) in [5.41, 5.74) is 2.45. The van der Waals surface area contributed by atoms with Crippen LogP contribution in [-0.4, -0.2) is 42.0 Å². The Morgan fingerprint density at radius 3 is 2.36 bits per heavy atom. The van der Waals surface area contributed by atoms with E-state index in [1.165, 1.54) is 4.90 Å². The highest BCUT2D eigenvalue weighted by Gasteiger charge is 2.45. The Morgan fingerprint density at radius 2 is 1.75 bits per heavy atom. The molecule has 0 unspecified atom stereocenters. The number of rotatable bonds is 6. The number of aliphatic hydroxyl groups excluding tert-OH is 1. The molecule has 6 heteroatoms. The Kier molecular flexibility index (Phi) is 6.31. The maximum atomic E-state index is 12.8. The van der Waals surface area contributed by atoms with Crippen molar-refractivity contribution in [1.29, 1.82) is 0 Å². The van der Waals surface area contributed by atoms with E-state index in [9.17, 15) is 14.7 Å². The van der Waals surface area contributed by atoms with Gasteiger partial charge < -0.3 is 14.7 Å². The number of benzene rings is 2. The first-order chi connectivity index (χ1) is 13.4. The first-order valence-corrected chi connectivity index (χ1v) is 9.83. The molecular formula is C22H22BrNO4. The number of carbonyl (C=O) groups is 2. The third-order valence-corrected chi connectivity index (χ3v) is 5.33. The number of halogens is 1. The summed E-state index contributed by atoms with van der Waals surface area (Å²) in [6.45, 7) is 2.79. The molecule has 0 bridgehead atoms. The maximum absolute atomic E-state index is 12.8. The number of carbonyl (C=O) groups excluding carboxylic acids is 2. The van der Waals surface area contributed by atoms with Crippen molar-refractivity contribution in [2.45, 2.75) is 19.4 Å². The first-order valence-electron chi connectivity index (χ1n) is 9.04. The van der Waals surface area contributed by atoms with E-state index in [1.807, 2.05) is 43.3 Å². The van der Waals surface area contributed by atoms with Crippen LogP contribution in [0.2, 0.25) is 0 Å². The minimum atomic E-state index is -0.664. The van der Waals surface area contributed by atoms with Crippen LogP contribution in [-0.2, 0) is 14.3 Å². The van der Waals surface area contributed by atoms with Gasteiger partial charge in [0.1, 0.15) is 5.76 Å². The van der Waals surface area contributed by atoms with Crippen molar-refractivity contribution < 1.29 is 19.4 Å². The Labute approximate surface area is 172 Å². The fraction of sp³-hybridized carbons (Fsp3) is 0.273. The first kappa shape index (κ1) is 20.3. The number of nitrogens with zero attached hydrogens (tertiary/aromatic N) is 1. The van der Waals surface area contributed by atoms with Gasteiger partial charge in [0.15, 0.2) is 0 Å². The molecule has 2 aromatic carbocycles. The number of hydrogen-bond acceptors (Lipinski definition) is 4. The zero-order valence-electron chi connectivity index (χ0n) is 15.8. The summed E-state index contributed by atoms with van der Waals surface area (Å²) in [6, 6.07) is 14.0. The smallest absolute Gasteiger partial charge is 0.295 e. The van der Waals surface area contributed by atoms with Crippen molar-refractivity contribution in [3.05, 3.63) is 75.3 Å². The second kappa shape index (κ2) is 8.71. The Hall–Kier alpha value is -2.44. The van der Waals surface area contributed by atoms with Gasteiger partial charge in [0.05, 0.1) is 11.6 Å². The van der Waals surface area contributed by atoms with E-state index in [0.717, 1.165) is 15.6 Å². The average molecular weight is 444 g/mol. The van der Waals surface area contributed by atoms with Gasteiger partial charge in [-0.2, -0.15) is 0 Å². The lowest BCUT2D eigenvalue weighted by molar-refractivity contribution is -0.140. The molecular weight excluding hydrogens is 422 g/mol. The van der Waals surface area contributed by atoms with Gasteiger partial charge >= 0.3 is 0 Å². The second-order valence-electron chi connectivity index (χ2n) is 6.76. The lowest BCUT2D eigenvalue weighted by Gasteiger charge is -2.25. The molecule has 2 aromatic rings. The van der Waals surface area contributed by atoms with Gasteiger partial charge in [-0.1, -0.05) is 57.9 Å². The van der Waals surface area contributed by atoms with E-state index in [-0.39, 0.29) is 11.3 Å². The summed E-state index contributed by atoms with van der Waals surface area (Å²) in [4.78, 5) is 27.1. The zero-order chi connectivity index (χ0) is 20.3. The van der Waals surface area contributed by atoms with Crippen molar-refractivity contribution in [3.63, 3.8) is 0 Å². The van der Waals surface area contributed by atoms with Gasteiger partial charge in [0, 0.05) is 30.3 Å². The van der Waals surface area contributed by atoms with Gasteiger partial charge in [-0.25, -0.2) is 0 Å². The molecule has 1 aliphatic heterocycles. The third kappa shape index (κ3) is 4.03. The van der Waals surface area contributed by atoms with Gasteiger partial charge in [-0.3, -0.25) is 9.59 Å². The van der Waals surface area contributed by atoms with Crippen molar-refractivity contribution >= 4 is 33.4 Å². The largest absolute Gasteiger partial charge is 0.507 e. The molecule has 0 spiro atoms. The van der Waals surface area contributed by atoms with Crippen LogP contribution in [0.15, 0.2) is 58.6 Å². The quantitative estimate of drug-likeness (QED) is 0.314. The second-order valence-corrected chi connectivity index (χ2v) is 7.67. The number of hydrogen-bond donors (Lipinski definition) is 1. The number of methoxy groups -OCH3 is 1. The van der Waals surface area contributed by atoms with Crippen molar-refractivity contribution in [2.75, 3.05) is 20.3 Å². The number of likely N-dealkylation sites (tertiary alicyclic amines) is 1. The Bertz CT molecular complexity index is 903. The number of Topliss-reactive ketones (excluding diaryl/α,β-unsaturated/α-hetero) is 1. The molecule has 5 nitrogen and oxygen atoms in total. The van der Waals surface area contributed by atoms with E-state index in [4.69, 9.17) is 4.74 Å². The van der Waals surface area contributed by atoms with Gasteiger partial charge in [0.25, 0.3) is 11.7 Å². The number of aliphatic hydroxyl groups is 1. The molecule has 1 N–H and O–H groups in total. The summed E-state index contributed by atoms with van der Waals surface area (Å²) in [5, 5.41) is 10.9. The highest BCUT2D eigenvalue weighted by Crippen LogP contribution is 2.39. The number of ether oxygens (including phenoxy) is 1. The van der Waals surface area contributed by atoms with Crippen LogP contribution in [0.4, 0.5) is 0 Å². The molecule has 146 valence electrons. The van der Waals surface area contributed by atoms with Crippen LogP contribution < -0.4 is 0 Å². The molecule has 0 aromatic heterocycles. The molecule has 1 atom stereocenters. The maximum Gasteiger partial charge on any atom is 0.295 e. The molecule has 1 aliphatic rings. The van der Waals surface area contributed by atoms with E-state index in [2.05, 4.69) is 15.9 Å². The van der Waals surface area contributed by atoms with Crippen LogP contribution in [0.25, 0.3) is 5.76 Å². The summed E-state index contributed by atoms with van der Waals surface area (Å²) in [5.74, 6) is -1.42. The van der Waals surface area contributed by atoms with E-state index in [0.29, 0.717) is 25.1 Å². The number of aryl methyl sites for hydroxylation is 1. The van der Waals surface area contributed by atoms with Crippen molar-refractivity contribution in [3.8, 4) is 0 Å². The SMILES string of the molecule is COCCCN1C(=O)C(=O)/C(=C(/O)c2ccc(C)cc2)[C@@H]1c1ccc(Br)cc1. The van der Waals surface area contributed by atoms with E-state index in [1.54, 1.807) is 19.2 Å². The molecule has 1 heterocycles. The number of amides is 1. The lowest BCUT2D eigenvalue weighted by atomic mass is 9.95. The molecule has 0 saturated carbocycles. The highest BCUT2D eigenvalue weighted by molar-refractivity contribution is 9.10. The summed E-state index contributed by atoms with van der Waals surface area (Å²) in [7, 11) is 1.59. The van der Waals surface area contributed by atoms with Crippen LogP contribution in [0.3, 0.4) is 0 Å². The molecule has 0 aliphatic carbocycles. The molecule has 3 rings (SSSR count). The topological polar surface area (TPSA) is 66.8 Å². The van der Waals surface area contributed by atoms with Crippen molar-refractivity contribution in [1.82, 2.24) is 4.90 Å². The predicted molar refractivity (Wildman–Crippen MR) is 111 cm³/mol. The number of ketones is 1.